The molecule has 0 spiro atoms. The molecule has 6 aromatic carbocycles. The maximum absolute atomic E-state index is 2.49. The standard InChI is InChI=1S/C42H48Si2.2CH3.Hf/c1-29(2)28-42(3,34-24-32-12-10-14-38(40(32)26-34)30-16-20-36(21-17-30)43(4,5)6)35-25-33-13-11-15-39(41(33)27-35)31-18-22-37(23-19-31)44(7,8)9;;;/h10-27,29H,28H2,1-9H3;2*1H3;/q-2;2*-1;+4. The van der Waals surface area contributed by atoms with Crippen molar-refractivity contribution in [2.75, 3.05) is 0 Å². The van der Waals surface area contributed by atoms with E-state index in [-0.39, 0.29) is 46.1 Å². The first-order valence-electron chi connectivity index (χ1n) is 16.4. The fourth-order valence-corrected chi connectivity index (χ4v) is 9.46. The summed E-state index contributed by atoms with van der Waals surface area (Å²) in [5.41, 5.74) is 8.03. The van der Waals surface area contributed by atoms with Crippen LogP contribution in [-0.2, 0) is 31.3 Å². The summed E-state index contributed by atoms with van der Waals surface area (Å²) in [5.74, 6) is 0.568. The molecule has 0 heterocycles. The van der Waals surface area contributed by atoms with Crippen LogP contribution >= 0.6 is 0 Å². The van der Waals surface area contributed by atoms with Gasteiger partial charge in [0.05, 0.1) is 16.1 Å². The summed E-state index contributed by atoms with van der Waals surface area (Å²) in [5, 5.41) is 8.41. The zero-order valence-electron chi connectivity index (χ0n) is 30.7. The van der Waals surface area contributed by atoms with Gasteiger partial charge in [-0.2, -0.15) is 12.1 Å². The van der Waals surface area contributed by atoms with E-state index in [0.29, 0.717) is 5.92 Å². The van der Waals surface area contributed by atoms with Crippen LogP contribution in [-0.4, -0.2) is 16.1 Å². The molecule has 242 valence electrons. The summed E-state index contributed by atoms with van der Waals surface area (Å²) in [6.45, 7) is 21.7. The van der Waals surface area contributed by atoms with Crippen molar-refractivity contribution in [3.05, 3.63) is 135 Å². The van der Waals surface area contributed by atoms with E-state index in [1.807, 2.05) is 0 Å². The minimum atomic E-state index is -1.33. The molecule has 6 aromatic rings. The van der Waals surface area contributed by atoms with Gasteiger partial charge in [0.25, 0.3) is 0 Å². The van der Waals surface area contributed by atoms with E-state index in [1.165, 1.54) is 65.3 Å². The van der Waals surface area contributed by atoms with Crippen molar-refractivity contribution < 1.29 is 25.8 Å². The van der Waals surface area contributed by atoms with E-state index in [2.05, 4.69) is 169 Å². The van der Waals surface area contributed by atoms with Crippen molar-refractivity contribution in [3.8, 4) is 22.3 Å². The number of fused-ring (bicyclic) bond motifs is 2. The van der Waals surface area contributed by atoms with E-state index in [4.69, 9.17) is 0 Å². The Bertz CT molecular complexity index is 1790. The molecule has 0 nitrogen and oxygen atoms in total. The van der Waals surface area contributed by atoms with Crippen LogP contribution in [0.25, 0.3) is 43.8 Å². The molecule has 0 aliphatic rings. The molecule has 0 unspecified atom stereocenters. The van der Waals surface area contributed by atoms with Crippen LogP contribution in [0.2, 0.25) is 39.3 Å². The first-order valence-corrected chi connectivity index (χ1v) is 23.4. The van der Waals surface area contributed by atoms with Crippen LogP contribution in [0.15, 0.2) is 109 Å². The van der Waals surface area contributed by atoms with Crippen molar-refractivity contribution >= 4 is 48.1 Å². The largest absolute Gasteiger partial charge is 4.00 e. The van der Waals surface area contributed by atoms with Gasteiger partial charge in [-0.25, -0.2) is 0 Å². The predicted molar refractivity (Wildman–Crippen MR) is 215 cm³/mol. The maximum Gasteiger partial charge on any atom is 4.00 e. The molecule has 3 heteroatoms. The Labute approximate surface area is 307 Å². The topological polar surface area (TPSA) is 0 Å². The third kappa shape index (κ3) is 7.68. The van der Waals surface area contributed by atoms with Gasteiger partial charge in [-0.1, -0.05) is 142 Å². The van der Waals surface area contributed by atoms with Gasteiger partial charge in [-0.3, -0.25) is 0 Å². The summed E-state index contributed by atoms with van der Waals surface area (Å²) < 4.78 is 0. The van der Waals surface area contributed by atoms with Gasteiger partial charge in [0.2, 0.25) is 0 Å². The summed E-state index contributed by atoms with van der Waals surface area (Å²) >= 11 is 0. The van der Waals surface area contributed by atoms with E-state index < -0.39 is 16.1 Å². The van der Waals surface area contributed by atoms with Crippen molar-refractivity contribution in [3.63, 3.8) is 0 Å². The molecule has 0 fully saturated rings. The molecular weight excluding hydrogens is 763 g/mol. The average Bonchev–Trinajstić information content (AvgIpc) is 3.61. The molecular formula is C44H54HfSi2. The smallest absolute Gasteiger partial charge is 0.358 e. The Hall–Kier alpha value is -2.60. The minimum Gasteiger partial charge on any atom is -0.358 e. The van der Waals surface area contributed by atoms with E-state index in [9.17, 15) is 0 Å². The number of benzene rings is 4. The third-order valence-corrected chi connectivity index (χ3v) is 13.8. The van der Waals surface area contributed by atoms with Crippen molar-refractivity contribution in [1.29, 1.82) is 0 Å². The molecule has 0 saturated heterocycles. The zero-order chi connectivity index (χ0) is 31.4. The normalized spacial score (nSPS) is 12.1. The molecule has 0 aromatic heterocycles. The Morgan fingerprint density at radius 2 is 0.936 bits per heavy atom. The van der Waals surface area contributed by atoms with Crippen LogP contribution in [0.3, 0.4) is 0 Å². The molecule has 6 rings (SSSR count). The van der Waals surface area contributed by atoms with Crippen molar-refractivity contribution in [2.24, 2.45) is 5.92 Å². The number of rotatable bonds is 8. The summed E-state index contributed by atoms with van der Waals surface area (Å²) in [7, 11) is -2.67. The van der Waals surface area contributed by atoms with Gasteiger partial charge in [-0.15, -0.1) is 69.1 Å². The fraction of sp³-hybridized carbons (Fsp3) is 0.273. The molecule has 0 saturated carbocycles. The Morgan fingerprint density at radius 3 is 1.26 bits per heavy atom. The zero-order valence-corrected chi connectivity index (χ0v) is 36.3. The number of hydrogen-bond acceptors (Lipinski definition) is 0. The van der Waals surface area contributed by atoms with Gasteiger partial charge >= 0.3 is 25.8 Å². The SMILES string of the molecule is CC(C)CC(C)(c1cc2c(-c3ccc([Si](C)(C)C)cc3)cccc2[cH-]1)c1cc2c(-c3ccc([Si](C)(C)C)cc3)cccc2[cH-]1.[CH3-].[CH3-].[Hf+4]. The second-order valence-electron chi connectivity index (χ2n) is 15.7. The first-order chi connectivity index (χ1) is 20.7. The molecule has 0 aliphatic carbocycles. The minimum absolute atomic E-state index is 0. The summed E-state index contributed by atoms with van der Waals surface area (Å²) in [6.07, 6.45) is 1.10. The van der Waals surface area contributed by atoms with Crippen LogP contribution < -0.4 is 10.4 Å². The number of hydrogen-bond donors (Lipinski definition) is 0. The average molecular weight is 818 g/mol. The monoisotopic (exact) mass is 818 g/mol. The first kappa shape index (κ1) is 38.8. The van der Waals surface area contributed by atoms with E-state index in [0.717, 1.165) is 6.42 Å². The molecule has 0 N–H and O–H groups in total. The van der Waals surface area contributed by atoms with E-state index >= 15 is 0 Å². The van der Waals surface area contributed by atoms with Gasteiger partial charge in [0.15, 0.2) is 0 Å². The predicted octanol–water partition coefficient (Wildman–Crippen LogP) is 12.1. The Morgan fingerprint density at radius 1 is 0.574 bits per heavy atom. The van der Waals surface area contributed by atoms with Gasteiger partial charge in [0.1, 0.15) is 0 Å². The summed E-state index contributed by atoms with van der Waals surface area (Å²) in [4.78, 5) is 0. The third-order valence-electron chi connectivity index (χ3n) is 9.72. The van der Waals surface area contributed by atoms with Gasteiger partial charge in [0, 0.05) is 0 Å². The second-order valence-corrected chi connectivity index (χ2v) is 25.8. The Balaban J connectivity index is 0.00000200. The molecule has 0 atom stereocenters. The van der Waals surface area contributed by atoms with Crippen molar-refractivity contribution in [2.45, 2.75) is 71.9 Å². The molecule has 0 bridgehead atoms. The van der Waals surface area contributed by atoms with Gasteiger partial charge in [-0.05, 0) is 28.9 Å². The molecule has 0 radical (unpaired) electrons. The van der Waals surface area contributed by atoms with Crippen LogP contribution in [0.1, 0.15) is 38.3 Å². The molecule has 0 aliphatic heterocycles. The van der Waals surface area contributed by atoms with Crippen LogP contribution in [0.5, 0.6) is 0 Å². The summed E-state index contributed by atoms with van der Waals surface area (Å²) in [6, 6.07) is 42.3. The van der Waals surface area contributed by atoms with Crippen molar-refractivity contribution in [1.82, 2.24) is 0 Å². The maximum atomic E-state index is 2.49. The fourth-order valence-electron chi connectivity index (χ4n) is 7.13. The van der Waals surface area contributed by atoms with E-state index in [1.54, 1.807) is 0 Å². The van der Waals surface area contributed by atoms with Crippen LogP contribution in [0.4, 0.5) is 0 Å². The molecule has 47 heavy (non-hydrogen) atoms. The quantitative estimate of drug-likeness (QED) is 0.106. The second kappa shape index (κ2) is 14.5. The van der Waals surface area contributed by atoms with Gasteiger partial charge < -0.3 is 14.9 Å². The van der Waals surface area contributed by atoms with Crippen LogP contribution in [0, 0.1) is 20.8 Å². The Kier molecular flexibility index (Phi) is 12.0. The molecule has 0 amide bonds.